The summed E-state index contributed by atoms with van der Waals surface area (Å²) in [4.78, 5) is 6.26. The highest BCUT2D eigenvalue weighted by Crippen LogP contribution is 2.22. The van der Waals surface area contributed by atoms with Crippen molar-refractivity contribution in [2.75, 3.05) is 4.72 Å². The number of aromatic amines is 2. The van der Waals surface area contributed by atoms with Gasteiger partial charge in [0.15, 0.2) is 5.03 Å². The van der Waals surface area contributed by atoms with Crippen LogP contribution in [-0.2, 0) is 10.0 Å². The Balaban J connectivity index is 1.91. The van der Waals surface area contributed by atoms with Crippen molar-refractivity contribution in [3.63, 3.8) is 0 Å². The van der Waals surface area contributed by atoms with E-state index in [9.17, 15) is 8.42 Å². The van der Waals surface area contributed by atoms with E-state index in [1.807, 2.05) is 12.1 Å². The van der Waals surface area contributed by atoms with Crippen molar-refractivity contribution >= 4 is 15.7 Å². The standard InChI is InChI=1S/C12H11N5O2S/c18-20(19,12-7-13-8-14-12)17-10-3-1-2-9(6-10)11-4-5-15-16-11/h1-8,17H,(H,13,14)(H,15,16). The van der Waals surface area contributed by atoms with Gasteiger partial charge in [-0.15, -0.1) is 0 Å². The van der Waals surface area contributed by atoms with E-state index < -0.39 is 10.0 Å². The number of imidazole rings is 1. The Morgan fingerprint density at radius 2 is 2.10 bits per heavy atom. The van der Waals surface area contributed by atoms with Crippen molar-refractivity contribution in [1.82, 2.24) is 20.2 Å². The van der Waals surface area contributed by atoms with Gasteiger partial charge in [-0.2, -0.15) is 13.5 Å². The first-order valence-electron chi connectivity index (χ1n) is 5.76. The summed E-state index contributed by atoms with van der Waals surface area (Å²) < 4.78 is 26.6. The topological polar surface area (TPSA) is 104 Å². The minimum atomic E-state index is -3.65. The summed E-state index contributed by atoms with van der Waals surface area (Å²) >= 11 is 0. The van der Waals surface area contributed by atoms with Crippen LogP contribution in [0.5, 0.6) is 0 Å². The van der Waals surface area contributed by atoms with Crippen LogP contribution in [0.4, 0.5) is 5.69 Å². The van der Waals surface area contributed by atoms with Crippen molar-refractivity contribution in [1.29, 1.82) is 0 Å². The van der Waals surface area contributed by atoms with E-state index in [1.54, 1.807) is 24.4 Å². The molecule has 0 amide bonds. The number of nitrogens with one attached hydrogen (secondary N) is 3. The van der Waals surface area contributed by atoms with E-state index in [0.29, 0.717) is 5.69 Å². The van der Waals surface area contributed by atoms with E-state index in [1.165, 1.54) is 12.5 Å². The van der Waals surface area contributed by atoms with Gasteiger partial charge in [-0.05, 0) is 18.2 Å². The minimum Gasteiger partial charge on any atom is -0.334 e. The van der Waals surface area contributed by atoms with Crippen molar-refractivity contribution in [2.24, 2.45) is 0 Å². The number of hydrogen-bond donors (Lipinski definition) is 3. The summed E-state index contributed by atoms with van der Waals surface area (Å²) in [7, 11) is -3.65. The number of aromatic nitrogens is 4. The summed E-state index contributed by atoms with van der Waals surface area (Å²) in [6, 6.07) is 8.83. The maximum absolute atomic E-state index is 12.1. The van der Waals surface area contributed by atoms with Crippen molar-refractivity contribution in [2.45, 2.75) is 5.03 Å². The molecule has 7 nitrogen and oxygen atoms in total. The van der Waals surface area contributed by atoms with E-state index >= 15 is 0 Å². The third kappa shape index (κ3) is 2.41. The number of rotatable bonds is 4. The predicted molar refractivity (Wildman–Crippen MR) is 73.4 cm³/mol. The monoisotopic (exact) mass is 289 g/mol. The Bertz CT molecular complexity index is 794. The first-order chi connectivity index (χ1) is 9.65. The number of benzene rings is 1. The lowest BCUT2D eigenvalue weighted by Gasteiger charge is -2.07. The third-order valence-corrected chi connectivity index (χ3v) is 4.00. The number of hydrogen-bond acceptors (Lipinski definition) is 4. The first-order valence-corrected chi connectivity index (χ1v) is 7.24. The van der Waals surface area contributed by atoms with Crippen LogP contribution in [0.1, 0.15) is 0 Å². The van der Waals surface area contributed by atoms with Gasteiger partial charge in [0, 0.05) is 17.4 Å². The fourth-order valence-electron chi connectivity index (χ4n) is 1.77. The molecular weight excluding hydrogens is 278 g/mol. The lowest BCUT2D eigenvalue weighted by Crippen LogP contribution is -2.13. The van der Waals surface area contributed by atoms with Crippen molar-refractivity contribution in [3.05, 3.63) is 49.1 Å². The molecular formula is C12H11N5O2S. The second-order valence-corrected chi connectivity index (χ2v) is 5.72. The average molecular weight is 289 g/mol. The van der Waals surface area contributed by atoms with Gasteiger partial charge in [0.2, 0.25) is 0 Å². The highest BCUT2D eigenvalue weighted by molar-refractivity contribution is 7.92. The Kier molecular flexibility index (Phi) is 2.99. The molecule has 0 spiro atoms. The maximum atomic E-state index is 12.1. The molecule has 0 aliphatic carbocycles. The molecule has 3 aromatic rings. The van der Waals surface area contributed by atoms with Crippen LogP contribution in [-0.4, -0.2) is 28.6 Å². The molecule has 0 aliphatic heterocycles. The van der Waals surface area contributed by atoms with E-state index in [0.717, 1.165) is 11.3 Å². The maximum Gasteiger partial charge on any atom is 0.278 e. The van der Waals surface area contributed by atoms with Gasteiger partial charge in [0.05, 0.1) is 18.2 Å². The Hall–Kier alpha value is -2.61. The highest BCUT2D eigenvalue weighted by Gasteiger charge is 2.15. The van der Waals surface area contributed by atoms with Crippen LogP contribution in [0.25, 0.3) is 11.3 Å². The van der Waals surface area contributed by atoms with Crippen molar-refractivity contribution in [3.8, 4) is 11.3 Å². The fourth-order valence-corrected chi connectivity index (χ4v) is 2.72. The normalized spacial score (nSPS) is 11.4. The number of sulfonamides is 1. The lowest BCUT2D eigenvalue weighted by atomic mass is 10.1. The Morgan fingerprint density at radius 3 is 2.80 bits per heavy atom. The third-order valence-electron chi connectivity index (χ3n) is 2.69. The zero-order chi connectivity index (χ0) is 14.0. The molecule has 1 aromatic carbocycles. The van der Waals surface area contributed by atoms with Crippen LogP contribution in [0.15, 0.2) is 54.1 Å². The van der Waals surface area contributed by atoms with E-state index in [-0.39, 0.29) is 5.03 Å². The van der Waals surface area contributed by atoms with Gasteiger partial charge >= 0.3 is 0 Å². The van der Waals surface area contributed by atoms with Gasteiger partial charge in [-0.3, -0.25) is 9.82 Å². The SMILES string of the molecule is O=S(=O)(Nc1cccc(-c2ccn[nH]2)c1)c1cnc[nH]1. The number of anilines is 1. The molecule has 0 radical (unpaired) electrons. The lowest BCUT2D eigenvalue weighted by molar-refractivity contribution is 0.598. The summed E-state index contributed by atoms with van der Waals surface area (Å²) in [5.41, 5.74) is 2.12. The van der Waals surface area contributed by atoms with Crippen LogP contribution in [0.2, 0.25) is 0 Å². The molecule has 0 unspecified atom stereocenters. The zero-order valence-electron chi connectivity index (χ0n) is 10.2. The second kappa shape index (κ2) is 4.82. The van der Waals surface area contributed by atoms with Crippen LogP contribution >= 0.6 is 0 Å². The zero-order valence-corrected chi connectivity index (χ0v) is 11.1. The molecule has 0 fully saturated rings. The molecule has 0 saturated carbocycles. The Labute approximate surface area is 115 Å². The molecule has 0 aliphatic rings. The van der Waals surface area contributed by atoms with Crippen LogP contribution < -0.4 is 4.72 Å². The number of nitrogens with zero attached hydrogens (tertiary/aromatic N) is 2. The van der Waals surface area contributed by atoms with Crippen LogP contribution in [0, 0.1) is 0 Å². The molecule has 2 aromatic heterocycles. The van der Waals surface area contributed by atoms with Crippen molar-refractivity contribution < 1.29 is 8.42 Å². The van der Waals surface area contributed by atoms with E-state index in [2.05, 4.69) is 24.9 Å². The summed E-state index contributed by atoms with van der Waals surface area (Å²) in [6.45, 7) is 0. The molecule has 3 N–H and O–H groups in total. The van der Waals surface area contributed by atoms with Gasteiger partial charge in [0.1, 0.15) is 0 Å². The highest BCUT2D eigenvalue weighted by atomic mass is 32.2. The van der Waals surface area contributed by atoms with E-state index in [4.69, 9.17) is 0 Å². The average Bonchev–Trinajstić information content (AvgIpc) is 3.12. The summed E-state index contributed by atoms with van der Waals surface area (Å²) in [5.74, 6) is 0. The molecule has 0 bridgehead atoms. The molecule has 2 heterocycles. The fraction of sp³-hybridized carbons (Fsp3) is 0. The second-order valence-electron chi connectivity index (χ2n) is 4.07. The predicted octanol–water partition coefficient (Wildman–Crippen LogP) is 1.60. The van der Waals surface area contributed by atoms with Crippen LogP contribution in [0.3, 0.4) is 0 Å². The molecule has 0 saturated heterocycles. The smallest absolute Gasteiger partial charge is 0.278 e. The van der Waals surface area contributed by atoms with Gasteiger partial charge < -0.3 is 4.98 Å². The summed E-state index contributed by atoms with van der Waals surface area (Å²) in [5, 5.41) is 6.71. The molecule has 3 rings (SSSR count). The number of H-pyrrole nitrogens is 2. The minimum absolute atomic E-state index is 0.0180. The Morgan fingerprint density at radius 1 is 1.20 bits per heavy atom. The quantitative estimate of drug-likeness (QED) is 0.678. The van der Waals surface area contributed by atoms with Gasteiger partial charge in [-0.1, -0.05) is 12.1 Å². The molecule has 0 atom stereocenters. The first kappa shape index (κ1) is 12.4. The van der Waals surface area contributed by atoms with Gasteiger partial charge in [-0.25, -0.2) is 4.98 Å². The molecule has 102 valence electrons. The van der Waals surface area contributed by atoms with Gasteiger partial charge in [0.25, 0.3) is 10.0 Å². The molecule has 20 heavy (non-hydrogen) atoms. The largest absolute Gasteiger partial charge is 0.334 e. The molecule has 8 heteroatoms. The summed E-state index contributed by atoms with van der Waals surface area (Å²) in [6.07, 6.45) is 4.20.